The van der Waals surface area contributed by atoms with E-state index in [0.29, 0.717) is 34.3 Å². The molecule has 4 aromatic rings. The lowest BCUT2D eigenvalue weighted by Crippen LogP contribution is -2.33. The molecule has 0 bridgehead atoms. The van der Waals surface area contributed by atoms with Gasteiger partial charge in [-0.3, -0.25) is 14.9 Å². The number of benzene rings is 2. The number of hydrogen-bond donors (Lipinski definition) is 3. The van der Waals surface area contributed by atoms with E-state index in [9.17, 15) is 14.3 Å². The van der Waals surface area contributed by atoms with E-state index in [1.54, 1.807) is 36.7 Å². The zero-order valence-electron chi connectivity index (χ0n) is 16.3. The Labute approximate surface area is 181 Å². The molecule has 2 fully saturated rings. The van der Waals surface area contributed by atoms with Crippen molar-refractivity contribution in [3.8, 4) is 0 Å². The van der Waals surface area contributed by atoms with Crippen molar-refractivity contribution in [2.24, 2.45) is 11.8 Å². The van der Waals surface area contributed by atoms with Crippen LogP contribution in [0.4, 0.5) is 4.39 Å². The zero-order valence-corrected chi connectivity index (χ0v) is 17.0. The van der Waals surface area contributed by atoms with Gasteiger partial charge in [0.15, 0.2) is 0 Å². The van der Waals surface area contributed by atoms with Crippen LogP contribution in [-0.4, -0.2) is 32.2 Å². The molecule has 8 heteroatoms. The molecule has 2 saturated carbocycles. The molecule has 156 valence electrons. The van der Waals surface area contributed by atoms with Crippen molar-refractivity contribution >= 4 is 39.3 Å². The van der Waals surface area contributed by atoms with Gasteiger partial charge in [-0.1, -0.05) is 11.6 Å². The Morgan fingerprint density at radius 3 is 2.81 bits per heavy atom. The van der Waals surface area contributed by atoms with Crippen molar-refractivity contribution in [3.63, 3.8) is 0 Å². The van der Waals surface area contributed by atoms with E-state index in [1.807, 2.05) is 0 Å². The summed E-state index contributed by atoms with van der Waals surface area (Å²) in [5, 5.41) is 23.3. The molecule has 2 aromatic heterocycles. The Kier molecular flexibility index (Phi) is 3.91. The number of amides is 1. The van der Waals surface area contributed by atoms with E-state index >= 15 is 0 Å². The first-order valence-electron chi connectivity index (χ1n) is 10.1. The second kappa shape index (κ2) is 6.48. The second-order valence-electron chi connectivity index (χ2n) is 8.57. The fourth-order valence-electron chi connectivity index (χ4n) is 5.25. The SMILES string of the molecule is O=C(NC1C2CC(O)(c3cc(Cl)cc4[nH]ncc34)CC21)c1ccnc2ccc(F)cc12. The molecule has 2 aliphatic carbocycles. The van der Waals surface area contributed by atoms with Crippen LogP contribution in [0, 0.1) is 17.7 Å². The predicted octanol–water partition coefficient (Wildman–Crippen LogP) is 3.93. The number of hydrogen-bond acceptors (Lipinski definition) is 4. The highest BCUT2D eigenvalue weighted by atomic mass is 35.5. The number of fused-ring (bicyclic) bond motifs is 3. The topological polar surface area (TPSA) is 90.9 Å². The molecule has 31 heavy (non-hydrogen) atoms. The number of nitrogens with one attached hydrogen (secondary N) is 2. The Hall–Kier alpha value is -3.03. The average molecular weight is 437 g/mol. The monoisotopic (exact) mass is 436 g/mol. The summed E-state index contributed by atoms with van der Waals surface area (Å²) in [5.74, 6) is -0.296. The second-order valence-corrected chi connectivity index (χ2v) is 9.01. The van der Waals surface area contributed by atoms with E-state index in [4.69, 9.17) is 11.6 Å². The van der Waals surface area contributed by atoms with Gasteiger partial charge in [0.2, 0.25) is 0 Å². The summed E-state index contributed by atoms with van der Waals surface area (Å²) in [5.41, 5.74) is 1.54. The molecular formula is C23H18ClFN4O2. The largest absolute Gasteiger partial charge is 0.385 e. The number of aromatic nitrogens is 3. The lowest BCUT2D eigenvalue weighted by molar-refractivity contribution is 0.0293. The molecule has 6 rings (SSSR count). The highest BCUT2D eigenvalue weighted by Gasteiger charge is 2.62. The molecule has 2 atom stereocenters. The summed E-state index contributed by atoms with van der Waals surface area (Å²) < 4.78 is 13.7. The third-order valence-corrected chi connectivity index (χ3v) is 6.97. The number of halogens is 2. The maximum Gasteiger partial charge on any atom is 0.252 e. The third-order valence-electron chi connectivity index (χ3n) is 6.75. The van der Waals surface area contributed by atoms with Crippen molar-refractivity contribution < 1.29 is 14.3 Å². The lowest BCUT2D eigenvalue weighted by atomic mass is 9.86. The summed E-state index contributed by atoms with van der Waals surface area (Å²) in [6.45, 7) is 0. The van der Waals surface area contributed by atoms with Gasteiger partial charge in [0.1, 0.15) is 5.82 Å². The number of H-pyrrole nitrogens is 1. The quantitative estimate of drug-likeness (QED) is 0.454. The molecule has 6 nitrogen and oxygen atoms in total. The van der Waals surface area contributed by atoms with E-state index in [2.05, 4.69) is 20.5 Å². The molecule has 0 saturated heterocycles. The molecule has 2 aliphatic rings. The Balaban J connectivity index is 1.22. The van der Waals surface area contributed by atoms with E-state index < -0.39 is 11.4 Å². The van der Waals surface area contributed by atoms with Gasteiger partial charge in [0.05, 0.1) is 28.4 Å². The highest BCUT2D eigenvalue weighted by Crippen LogP contribution is 2.60. The van der Waals surface area contributed by atoms with Crippen LogP contribution < -0.4 is 5.32 Å². The van der Waals surface area contributed by atoms with Gasteiger partial charge in [-0.15, -0.1) is 0 Å². The first-order valence-corrected chi connectivity index (χ1v) is 10.5. The minimum absolute atomic E-state index is 0.0106. The van der Waals surface area contributed by atoms with Crippen molar-refractivity contribution in [2.45, 2.75) is 24.5 Å². The van der Waals surface area contributed by atoms with E-state index in [0.717, 1.165) is 16.5 Å². The fraction of sp³-hybridized carbons (Fsp3) is 0.261. The lowest BCUT2D eigenvalue weighted by Gasteiger charge is -2.27. The van der Waals surface area contributed by atoms with E-state index in [1.165, 1.54) is 12.1 Å². The Morgan fingerprint density at radius 2 is 2.00 bits per heavy atom. The minimum atomic E-state index is -1.00. The number of carbonyl (C=O) groups is 1. The number of aliphatic hydroxyl groups is 1. The summed E-state index contributed by atoms with van der Waals surface area (Å²) in [6, 6.07) is 9.41. The molecule has 3 N–H and O–H groups in total. The molecule has 2 aromatic carbocycles. The molecular weight excluding hydrogens is 419 g/mol. The Bertz CT molecular complexity index is 1360. The van der Waals surface area contributed by atoms with Crippen LogP contribution in [0.1, 0.15) is 28.8 Å². The van der Waals surface area contributed by atoms with Crippen LogP contribution in [-0.2, 0) is 5.60 Å². The van der Waals surface area contributed by atoms with Crippen LogP contribution in [0.15, 0.2) is 48.8 Å². The summed E-state index contributed by atoms with van der Waals surface area (Å²) >= 11 is 6.25. The summed E-state index contributed by atoms with van der Waals surface area (Å²) in [7, 11) is 0. The van der Waals surface area contributed by atoms with Crippen molar-refractivity contribution in [3.05, 3.63) is 70.8 Å². The van der Waals surface area contributed by atoms with Gasteiger partial charge >= 0.3 is 0 Å². The molecule has 2 heterocycles. The minimum Gasteiger partial charge on any atom is -0.385 e. The van der Waals surface area contributed by atoms with Gasteiger partial charge in [0, 0.05) is 28.0 Å². The van der Waals surface area contributed by atoms with Crippen LogP contribution in [0.5, 0.6) is 0 Å². The van der Waals surface area contributed by atoms with Crippen LogP contribution in [0.3, 0.4) is 0 Å². The molecule has 0 aliphatic heterocycles. The third kappa shape index (κ3) is 2.91. The van der Waals surface area contributed by atoms with Crippen LogP contribution >= 0.6 is 11.6 Å². The van der Waals surface area contributed by atoms with Gasteiger partial charge < -0.3 is 10.4 Å². The normalized spacial score (nSPS) is 26.9. The molecule has 0 radical (unpaired) electrons. The van der Waals surface area contributed by atoms with Crippen molar-refractivity contribution in [1.29, 1.82) is 0 Å². The standard InChI is InChI=1S/C23H18ClFN4O2/c24-11-5-18(17-10-27-29-20(17)6-11)23(31)8-15-16(9-23)21(15)28-22(30)13-3-4-26-19-2-1-12(25)7-14(13)19/h1-7,10,15-16,21,31H,8-9H2,(H,27,29)(H,28,30). The smallest absolute Gasteiger partial charge is 0.252 e. The van der Waals surface area contributed by atoms with Gasteiger partial charge in [-0.05, 0) is 66.6 Å². The molecule has 1 amide bonds. The number of nitrogens with zero attached hydrogens (tertiary/aromatic N) is 2. The maximum atomic E-state index is 13.7. The molecule has 2 unspecified atom stereocenters. The maximum absolute atomic E-state index is 13.7. The number of rotatable bonds is 3. The van der Waals surface area contributed by atoms with Crippen molar-refractivity contribution in [1.82, 2.24) is 20.5 Å². The van der Waals surface area contributed by atoms with Crippen molar-refractivity contribution in [2.75, 3.05) is 0 Å². The summed E-state index contributed by atoms with van der Waals surface area (Å²) in [4.78, 5) is 17.1. The first-order chi connectivity index (χ1) is 14.9. The number of carbonyl (C=O) groups excluding carboxylic acids is 1. The van der Waals surface area contributed by atoms with Gasteiger partial charge in [0.25, 0.3) is 5.91 Å². The Morgan fingerprint density at radius 1 is 1.19 bits per heavy atom. The number of aromatic amines is 1. The number of pyridine rings is 1. The highest BCUT2D eigenvalue weighted by molar-refractivity contribution is 6.31. The fourth-order valence-corrected chi connectivity index (χ4v) is 5.46. The van der Waals surface area contributed by atoms with Crippen LogP contribution in [0.2, 0.25) is 5.02 Å². The first kappa shape index (κ1) is 18.7. The zero-order chi connectivity index (χ0) is 21.3. The summed E-state index contributed by atoms with van der Waals surface area (Å²) in [6.07, 6.45) is 4.33. The average Bonchev–Trinajstić information content (AvgIpc) is 3.10. The molecule has 0 spiro atoms. The predicted molar refractivity (Wildman–Crippen MR) is 114 cm³/mol. The van der Waals surface area contributed by atoms with E-state index in [-0.39, 0.29) is 23.8 Å². The van der Waals surface area contributed by atoms with Gasteiger partial charge in [-0.2, -0.15) is 5.10 Å². The van der Waals surface area contributed by atoms with Gasteiger partial charge in [-0.25, -0.2) is 4.39 Å². The van der Waals surface area contributed by atoms with Crippen LogP contribution in [0.25, 0.3) is 21.8 Å².